The second-order valence-corrected chi connectivity index (χ2v) is 5.09. The number of hydrogen-bond acceptors (Lipinski definition) is 2. The standard InChI is InChI=1S/C14H21NO2/c1-13(17-3)11-15(2)10-9-14(13,16)12-7-5-4-6-8-12/h4-8,15-16H,2,9-11H2,1,3H3. The maximum Gasteiger partial charge on any atom is 0.144 e. The molecule has 0 saturated carbocycles. The van der Waals surface area contributed by atoms with Gasteiger partial charge in [-0.25, -0.2) is 0 Å². The molecular weight excluding hydrogens is 214 g/mol. The number of hydrogen-bond donors (Lipinski definition) is 2. The Kier molecular flexibility index (Phi) is 3.25. The van der Waals surface area contributed by atoms with Crippen LogP contribution in [-0.2, 0) is 10.3 Å². The van der Waals surface area contributed by atoms with Crippen LogP contribution in [0.1, 0.15) is 18.9 Å². The van der Waals surface area contributed by atoms with Crippen LogP contribution in [-0.4, -0.2) is 30.9 Å². The number of ether oxygens (including phenoxy) is 1. The van der Waals surface area contributed by atoms with E-state index in [1.165, 1.54) is 0 Å². The summed E-state index contributed by atoms with van der Waals surface area (Å²) in [7, 11) is 5.68. The van der Waals surface area contributed by atoms with E-state index in [9.17, 15) is 5.11 Å². The van der Waals surface area contributed by atoms with Gasteiger partial charge in [-0.05, 0) is 12.5 Å². The van der Waals surface area contributed by atoms with Gasteiger partial charge in [-0.15, -0.1) is 0 Å². The summed E-state index contributed by atoms with van der Waals surface area (Å²) >= 11 is 0. The van der Waals surface area contributed by atoms with E-state index in [4.69, 9.17) is 4.74 Å². The normalized spacial score (nSPS) is 38.0. The molecule has 0 aromatic heterocycles. The predicted octanol–water partition coefficient (Wildman–Crippen LogP) is 0.359. The third-order valence-corrected chi connectivity index (χ3v) is 4.00. The molecular formula is C14H21NO2. The number of likely N-dealkylation sites (tertiary alicyclic amines) is 1. The minimum atomic E-state index is -0.926. The van der Waals surface area contributed by atoms with Crippen LogP contribution in [0, 0.1) is 7.05 Å². The van der Waals surface area contributed by atoms with Crippen molar-refractivity contribution in [3.8, 4) is 0 Å². The molecule has 1 aromatic rings. The summed E-state index contributed by atoms with van der Waals surface area (Å²) in [5.74, 6) is 0. The van der Waals surface area contributed by atoms with Crippen LogP contribution >= 0.6 is 0 Å². The maximum absolute atomic E-state index is 11.0. The Bertz CT molecular complexity index is 381. The molecule has 1 saturated heterocycles. The minimum Gasteiger partial charge on any atom is -0.465 e. The number of benzene rings is 1. The molecule has 0 bridgehead atoms. The lowest BCUT2D eigenvalue weighted by molar-refractivity contribution is -0.872. The Labute approximate surface area is 103 Å². The van der Waals surface area contributed by atoms with Crippen molar-refractivity contribution in [3.05, 3.63) is 42.9 Å². The van der Waals surface area contributed by atoms with Crippen molar-refractivity contribution in [1.29, 1.82) is 0 Å². The summed E-state index contributed by atoms with van der Waals surface area (Å²) in [5.41, 5.74) is -0.592. The zero-order chi connectivity index (χ0) is 12.5. The first-order valence-electron chi connectivity index (χ1n) is 6.01. The third kappa shape index (κ3) is 1.99. The van der Waals surface area contributed by atoms with Gasteiger partial charge in [-0.1, -0.05) is 30.3 Å². The molecule has 0 radical (unpaired) electrons. The van der Waals surface area contributed by atoms with Crippen LogP contribution in [0.25, 0.3) is 0 Å². The van der Waals surface area contributed by atoms with Gasteiger partial charge in [0.15, 0.2) is 0 Å². The fraction of sp³-hybridized carbons (Fsp3) is 0.500. The highest BCUT2D eigenvalue weighted by atomic mass is 16.5. The summed E-state index contributed by atoms with van der Waals surface area (Å²) in [6.45, 7) is 3.52. The number of nitrogens with one attached hydrogen (secondary N) is 1. The summed E-state index contributed by atoms with van der Waals surface area (Å²) in [6.07, 6.45) is 0.667. The minimum absolute atomic E-state index is 0.594. The summed E-state index contributed by atoms with van der Waals surface area (Å²) in [5, 5.41) is 11.0. The van der Waals surface area contributed by atoms with Crippen molar-refractivity contribution >= 4 is 0 Å². The van der Waals surface area contributed by atoms with Crippen LogP contribution in [0.15, 0.2) is 30.3 Å². The van der Waals surface area contributed by atoms with Crippen LogP contribution in [0.4, 0.5) is 0 Å². The van der Waals surface area contributed by atoms with Gasteiger partial charge in [0, 0.05) is 13.5 Å². The van der Waals surface area contributed by atoms with Gasteiger partial charge in [-0.3, -0.25) is 0 Å². The molecule has 3 atom stereocenters. The van der Waals surface area contributed by atoms with E-state index < -0.39 is 11.2 Å². The molecule has 3 unspecified atom stereocenters. The molecule has 0 amide bonds. The van der Waals surface area contributed by atoms with E-state index in [-0.39, 0.29) is 0 Å². The van der Waals surface area contributed by atoms with Crippen LogP contribution in [0.5, 0.6) is 0 Å². The summed E-state index contributed by atoms with van der Waals surface area (Å²) in [6, 6.07) is 9.79. The lowest BCUT2D eigenvalue weighted by Gasteiger charge is -2.50. The fourth-order valence-corrected chi connectivity index (χ4v) is 2.74. The molecule has 0 aliphatic carbocycles. The van der Waals surface area contributed by atoms with Crippen molar-refractivity contribution in [2.45, 2.75) is 24.5 Å². The van der Waals surface area contributed by atoms with Crippen LogP contribution < -0.4 is 4.90 Å². The SMILES string of the molecule is [CH2-][NH+]1CCC(O)(c2ccccc2)C(C)(OC)C1. The molecule has 0 spiro atoms. The van der Waals surface area contributed by atoms with Crippen molar-refractivity contribution in [2.75, 3.05) is 20.2 Å². The van der Waals surface area contributed by atoms with E-state index >= 15 is 0 Å². The van der Waals surface area contributed by atoms with Crippen molar-refractivity contribution < 1.29 is 14.7 Å². The zero-order valence-electron chi connectivity index (χ0n) is 10.6. The van der Waals surface area contributed by atoms with Gasteiger partial charge in [0.2, 0.25) is 0 Å². The molecule has 3 heteroatoms. The second-order valence-electron chi connectivity index (χ2n) is 5.09. The monoisotopic (exact) mass is 235 g/mol. The van der Waals surface area contributed by atoms with Gasteiger partial charge in [-0.2, -0.15) is 7.05 Å². The van der Waals surface area contributed by atoms with E-state index in [1.807, 2.05) is 37.3 Å². The van der Waals surface area contributed by atoms with Crippen molar-refractivity contribution in [1.82, 2.24) is 0 Å². The fourth-order valence-electron chi connectivity index (χ4n) is 2.74. The lowest BCUT2D eigenvalue weighted by Crippen LogP contribution is -3.11. The zero-order valence-corrected chi connectivity index (χ0v) is 10.6. The smallest absolute Gasteiger partial charge is 0.144 e. The lowest BCUT2D eigenvalue weighted by atomic mass is 9.73. The van der Waals surface area contributed by atoms with E-state index in [0.29, 0.717) is 13.0 Å². The van der Waals surface area contributed by atoms with Gasteiger partial charge < -0.3 is 14.7 Å². The van der Waals surface area contributed by atoms with Crippen LogP contribution in [0.2, 0.25) is 0 Å². The van der Waals surface area contributed by atoms with E-state index in [1.54, 1.807) is 7.11 Å². The van der Waals surface area contributed by atoms with Gasteiger partial charge in [0.25, 0.3) is 0 Å². The first kappa shape index (κ1) is 12.6. The number of aliphatic hydroxyl groups is 1. The Hall–Kier alpha value is -0.900. The van der Waals surface area contributed by atoms with Crippen molar-refractivity contribution in [2.24, 2.45) is 0 Å². The largest absolute Gasteiger partial charge is 0.465 e. The quantitative estimate of drug-likeness (QED) is 0.726. The number of methoxy groups -OCH3 is 1. The van der Waals surface area contributed by atoms with E-state index in [0.717, 1.165) is 17.0 Å². The average Bonchev–Trinajstić information content (AvgIpc) is 2.35. The Morgan fingerprint density at radius 1 is 1.35 bits per heavy atom. The first-order chi connectivity index (χ1) is 8.02. The highest BCUT2D eigenvalue weighted by molar-refractivity contribution is 5.26. The number of piperidine rings is 1. The predicted molar refractivity (Wildman–Crippen MR) is 66.4 cm³/mol. The molecule has 94 valence electrons. The van der Waals surface area contributed by atoms with Gasteiger partial charge in [0.1, 0.15) is 11.2 Å². The van der Waals surface area contributed by atoms with Crippen molar-refractivity contribution in [3.63, 3.8) is 0 Å². The average molecular weight is 235 g/mol. The molecule has 2 rings (SSSR count). The Morgan fingerprint density at radius 3 is 2.59 bits per heavy atom. The highest BCUT2D eigenvalue weighted by Crippen LogP contribution is 2.38. The van der Waals surface area contributed by atoms with Gasteiger partial charge >= 0.3 is 0 Å². The highest BCUT2D eigenvalue weighted by Gasteiger charge is 2.53. The molecule has 1 aromatic carbocycles. The molecule has 2 N–H and O–H groups in total. The molecule has 1 fully saturated rings. The summed E-state index contributed by atoms with van der Waals surface area (Å²) < 4.78 is 5.61. The third-order valence-electron chi connectivity index (χ3n) is 4.00. The molecule has 17 heavy (non-hydrogen) atoms. The molecule has 3 nitrogen and oxygen atoms in total. The summed E-state index contributed by atoms with van der Waals surface area (Å²) in [4.78, 5) is 1.15. The first-order valence-corrected chi connectivity index (χ1v) is 6.01. The van der Waals surface area contributed by atoms with E-state index in [2.05, 4.69) is 7.05 Å². The number of rotatable bonds is 2. The molecule has 1 heterocycles. The topological polar surface area (TPSA) is 33.9 Å². The molecule has 1 aliphatic rings. The molecule has 1 aliphatic heterocycles. The van der Waals surface area contributed by atoms with Gasteiger partial charge in [0.05, 0.1) is 13.1 Å². The second kappa shape index (κ2) is 4.41. The Balaban J connectivity index is 2.41. The maximum atomic E-state index is 11.0. The van der Waals surface area contributed by atoms with Crippen LogP contribution in [0.3, 0.4) is 0 Å². The Morgan fingerprint density at radius 2 is 2.00 bits per heavy atom. The number of quaternary nitrogens is 1.